The van der Waals surface area contributed by atoms with Gasteiger partial charge in [-0.25, -0.2) is 0 Å². The van der Waals surface area contributed by atoms with E-state index in [-0.39, 0.29) is 5.96 Å². The summed E-state index contributed by atoms with van der Waals surface area (Å²) in [5, 5.41) is 7.16. The highest BCUT2D eigenvalue weighted by Gasteiger charge is 1.98. The van der Waals surface area contributed by atoms with Crippen LogP contribution < -0.4 is 5.73 Å². The fraction of sp³-hybridized carbons (Fsp3) is 0.909. The van der Waals surface area contributed by atoms with Gasteiger partial charge in [0.1, 0.15) is 0 Å². The highest BCUT2D eigenvalue weighted by Crippen LogP contribution is 1.99. The minimum absolute atomic E-state index is 0.123. The first-order valence-electron chi connectivity index (χ1n) is 5.81. The zero-order valence-corrected chi connectivity index (χ0v) is 10.1. The predicted molar refractivity (Wildman–Crippen MR) is 64.1 cm³/mol. The third-order valence-electron chi connectivity index (χ3n) is 2.34. The van der Waals surface area contributed by atoms with E-state index in [0.29, 0.717) is 0 Å². The second kappa shape index (κ2) is 9.77. The van der Waals surface area contributed by atoms with Crippen LogP contribution in [0.1, 0.15) is 39.0 Å². The molecule has 0 aliphatic carbocycles. The molecular formula is C11H25N3O. The van der Waals surface area contributed by atoms with E-state index in [0.717, 1.165) is 32.6 Å². The van der Waals surface area contributed by atoms with E-state index in [2.05, 4.69) is 6.92 Å². The molecule has 0 saturated carbocycles. The lowest BCUT2D eigenvalue weighted by Crippen LogP contribution is -2.33. The number of guanidine groups is 1. The normalized spacial score (nSPS) is 10.3. The molecule has 0 atom stereocenters. The van der Waals surface area contributed by atoms with Crippen molar-refractivity contribution in [3.8, 4) is 0 Å². The smallest absolute Gasteiger partial charge is 0.188 e. The van der Waals surface area contributed by atoms with Gasteiger partial charge >= 0.3 is 0 Å². The third-order valence-corrected chi connectivity index (χ3v) is 2.34. The Morgan fingerprint density at radius 3 is 2.47 bits per heavy atom. The highest BCUT2D eigenvalue weighted by molar-refractivity contribution is 5.74. The van der Waals surface area contributed by atoms with Crippen molar-refractivity contribution in [1.82, 2.24) is 4.90 Å². The predicted octanol–water partition coefficient (Wildman–Crippen LogP) is 1.80. The van der Waals surface area contributed by atoms with Gasteiger partial charge in [-0.15, -0.1) is 0 Å². The molecule has 0 spiro atoms. The molecule has 0 aromatic heterocycles. The van der Waals surface area contributed by atoms with Gasteiger partial charge in [0.2, 0.25) is 0 Å². The highest BCUT2D eigenvalue weighted by atomic mass is 16.5. The first-order chi connectivity index (χ1) is 7.18. The van der Waals surface area contributed by atoms with Crippen LogP contribution in [0.3, 0.4) is 0 Å². The van der Waals surface area contributed by atoms with E-state index in [4.69, 9.17) is 15.9 Å². The molecule has 0 rings (SSSR count). The van der Waals surface area contributed by atoms with Crippen LogP contribution in [-0.2, 0) is 4.74 Å². The summed E-state index contributed by atoms with van der Waals surface area (Å²) < 4.78 is 5.47. The number of nitrogens with two attached hydrogens (primary N) is 1. The van der Waals surface area contributed by atoms with Crippen LogP contribution in [0.15, 0.2) is 0 Å². The zero-order valence-electron chi connectivity index (χ0n) is 10.1. The minimum atomic E-state index is 0.123. The van der Waals surface area contributed by atoms with Crippen LogP contribution in [0.5, 0.6) is 0 Å². The molecule has 0 aromatic carbocycles. The molecule has 0 amide bonds. The molecule has 4 heteroatoms. The summed E-state index contributed by atoms with van der Waals surface area (Å²) >= 11 is 0. The van der Waals surface area contributed by atoms with Crippen LogP contribution >= 0.6 is 0 Å². The van der Waals surface area contributed by atoms with Crippen LogP contribution in [0, 0.1) is 5.41 Å². The van der Waals surface area contributed by atoms with Gasteiger partial charge in [-0.05, 0) is 12.8 Å². The van der Waals surface area contributed by atoms with Gasteiger partial charge in [-0.2, -0.15) is 0 Å². The van der Waals surface area contributed by atoms with Gasteiger partial charge < -0.3 is 15.4 Å². The molecular weight excluding hydrogens is 190 g/mol. The van der Waals surface area contributed by atoms with Gasteiger partial charge in [0.15, 0.2) is 5.96 Å². The Morgan fingerprint density at radius 2 is 1.87 bits per heavy atom. The van der Waals surface area contributed by atoms with Gasteiger partial charge in [0.05, 0.1) is 0 Å². The first-order valence-corrected chi connectivity index (χ1v) is 5.81. The standard InChI is InChI=1S/C11H25N3O/c1-3-4-5-6-9-15-10-7-8-14(2)11(12)13/h3-10H2,1-2H3,(H3,12,13). The second-order valence-electron chi connectivity index (χ2n) is 3.83. The van der Waals surface area contributed by atoms with Gasteiger partial charge in [0.25, 0.3) is 0 Å². The number of hydrogen-bond acceptors (Lipinski definition) is 2. The molecule has 0 saturated heterocycles. The molecule has 3 N–H and O–H groups in total. The lowest BCUT2D eigenvalue weighted by molar-refractivity contribution is 0.124. The Bertz CT molecular complexity index is 162. The molecule has 0 aliphatic heterocycles. The minimum Gasteiger partial charge on any atom is -0.381 e. The Hall–Kier alpha value is -0.770. The molecule has 90 valence electrons. The van der Waals surface area contributed by atoms with Crippen molar-refractivity contribution < 1.29 is 4.74 Å². The van der Waals surface area contributed by atoms with E-state index in [1.165, 1.54) is 19.3 Å². The number of nitrogens with zero attached hydrogens (tertiary/aromatic N) is 1. The van der Waals surface area contributed by atoms with Crippen molar-refractivity contribution >= 4 is 5.96 Å². The number of hydrogen-bond donors (Lipinski definition) is 2. The lowest BCUT2D eigenvalue weighted by Gasteiger charge is -2.15. The van der Waals surface area contributed by atoms with E-state index < -0.39 is 0 Å². The summed E-state index contributed by atoms with van der Waals surface area (Å²) in [6, 6.07) is 0. The molecule has 0 heterocycles. The summed E-state index contributed by atoms with van der Waals surface area (Å²) in [6.07, 6.45) is 5.93. The third kappa shape index (κ3) is 9.53. The van der Waals surface area contributed by atoms with E-state index in [1.807, 2.05) is 7.05 Å². The van der Waals surface area contributed by atoms with Crippen LogP contribution in [0.4, 0.5) is 0 Å². The maximum absolute atomic E-state index is 7.16. The van der Waals surface area contributed by atoms with Gasteiger partial charge in [-0.1, -0.05) is 26.2 Å². The van der Waals surface area contributed by atoms with Crippen molar-refractivity contribution in [2.24, 2.45) is 5.73 Å². The Labute approximate surface area is 93.3 Å². The van der Waals surface area contributed by atoms with Crippen LogP contribution in [0.2, 0.25) is 0 Å². The van der Waals surface area contributed by atoms with Crippen molar-refractivity contribution in [2.45, 2.75) is 39.0 Å². The summed E-state index contributed by atoms with van der Waals surface area (Å²) in [5.74, 6) is 0.123. The molecule has 4 nitrogen and oxygen atoms in total. The van der Waals surface area contributed by atoms with E-state index in [9.17, 15) is 0 Å². The summed E-state index contributed by atoms with van der Waals surface area (Å²) in [6.45, 7) is 4.64. The number of nitrogens with one attached hydrogen (secondary N) is 1. The van der Waals surface area contributed by atoms with Crippen molar-refractivity contribution in [3.05, 3.63) is 0 Å². The van der Waals surface area contributed by atoms with Crippen molar-refractivity contribution in [1.29, 1.82) is 5.41 Å². The average molecular weight is 215 g/mol. The SMILES string of the molecule is CCCCCCOCCCN(C)C(=N)N. The van der Waals surface area contributed by atoms with E-state index in [1.54, 1.807) is 4.90 Å². The Kier molecular flexibility index (Phi) is 9.27. The quantitative estimate of drug-likeness (QED) is 0.350. The average Bonchev–Trinajstić information content (AvgIpc) is 2.21. The summed E-state index contributed by atoms with van der Waals surface area (Å²) in [4.78, 5) is 1.72. The number of rotatable bonds is 9. The Morgan fingerprint density at radius 1 is 1.20 bits per heavy atom. The fourth-order valence-electron chi connectivity index (χ4n) is 1.26. The second-order valence-corrected chi connectivity index (χ2v) is 3.83. The molecule has 0 radical (unpaired) electrons. The Balaban J connectivity index is 3.08. The maximum Gasteiger partial charge on any atom is 0.188 e. The molecule has 0 bridgehead atoms. The molecule has 15 heavy (non-hydrogen) atoms. The molecule has 0 aliphatic rings. The zero-order chi connectivity index (χ0) is 11.5. The largest absolute Gasteiger partial charge is 0.381 e. The monoisotopic (exact) mass is 215 g/mol. The van der Waals surface area contributed by atoms with Crippen molar-refractivity contribution in [3.63, 3.8) is 0 Å². The number of unbranched alkanes of at least 4 members (excludes halogenated alkanes) is 3. The molecule has 0 fully saturated rings. The van der Waals surface area contributed by atoms with Gasteiger partial charge in [-0.3, -0.25) is 5.41 Å². The molecule has 0 aromatic rings. The fourth-order valence-corrected chi connectivity index (χ4v) is 1.26. The van der Waals surface area contributed by atoms with E-state index >= 15 is 0 Å². The number of ether oxygens (including phenoxy) is 1. The van der Waals surface area contributed by atoms with Crippen LogP contribution in [0.25, 0.3) is 0 Å². The topological polar surface area (TPSA) is 62.3 Å². The van der Waals surface area contributed by atoms with Crippen molar-refractivity contribution in [2.75, 3.05) is 26.8 Å². The molecule has 0 unspecified atom stereocenters. The van der Waals surface area contributed by atoms with Gasteiger partial charge in [0, 0.05) is 26.8 Å². The summed E-state index contributed by atoms with van der Waals surface area (Å²) in [5.41, 5.74) is 5.30. The maximum atomic E-state index is 7.16. The first kappa shape index (κ1) is 14.2. The van der Waals surface area contributed by atoms with Crippen LogP contribution in [-0.4, -0.2) is 37.7 Å². The lowest BCUT2D eigenvalue weighted by atomic mass is 10.2. The summed E-state index contributed by atoms with van der Waals surface area (Å²) in [7, 11) is 1.82.